The van der Waals surface area contributed by atoms with E-state index in [1.165, 1.54) is 12.1 Å². The Morgan fingerprint density at radius 2 is 1.45 bits per heavy atom. The Morgan fingerprint density at radius 3 is 2.19 bits per heavy atom. The monoisotopic (exact) mass is 421 g/mol. The molecule has 6 heteroatoms. The van der Waals surface area contributed by atoms with Gasteiger partial charge in [0.25, 0.3) is 0 Å². The molecule has 4 aromatic rings. The minimum Gasteiger partial charge on any atom is -0.494 e. The third-order valence-corrected chi connectivity index (χ3v) is 5.18. The number of aromatic nitrogens is 1. The van der Waals surface area contributed by atoms with Gasteiger partial charge in [0.15, 0.2) is 0 Å². The first-order valence-electron chi connectivity index (χ1n) is 10.4. The SMILES string of the molecule is O=C(O)Cn1c2ccccc2c2ccc(OCCCCCOc3ccc(F)cc3)cc21. The lowest BCUT2D eigenvalue weighted by atomic mass is 10.1. The van der Waals surface area contributed by atoms with Crippen molar-refractivity contribution in [2.24, 2.45) is 0 Å². The molecule has 0 radical (unpaired) electrons. The molecule has 0 atom stereocenters. The standard InChI is InChI=1S/C25H24FNO4/c26-18-8-10-19(11-9-18)30-14-4-1-5-15-31-20-12-13-22-21-6-2-3-7-23(21)27(17-25(28)29)24(22)16-20/h2-3,6-13,16H,1,4-5,14-15,17H2,(H,28,29). The van der Waals surface area contributed by atoms with Crippen molar-refractivity contribution in [1.82, 2.24) is 4.57 Å². The minimum atomic E-state index is -0.878. The zero-order valence-corrected chi connectivity index (χ0v) is 17.1. The number of ether oxygens (including phenoxy) is 2. The number of carboxylic acids is 1. The Kier molecular flexibility index (Phi) is 6.36. The van der Waals surface area contributed by atoms with Crippen molar-refractivity contribution in [2.45, 2.75) is 25.8 Å². The number of fused-ring (bicyclic) bond motifs is 3. The van der Waals surface area contributed by atoms with E-state index in [2.05, 4.69) is 0 Å². The second-order valence-electron chi connectivity index (χ2n) is 7.39. The average Bonchev–Trinajstić information content (AvgIpc) is 3.07. The quantitative estimate of drug-likeness (QED) is 0.336. The summed E-state index contributed by atoms with van der Waals surface area (Å²) in [6, 6.07) is 19.7. The summed E-state index contributed by atoms with van der Waals surface area (Å²) in [5.74, 6) is 0.245. The van der Waals surface area contributed by atoms with Gasteiger partial charge in [-0.1, -0.05) is 18.2 Å². The zero-order valence-electron chi connectivity index (χ0n) is 17.1. The van der Waals surface area contributed by atoms with Gasteiger partial charge in [0.1, 0.15) is 23.9 Å². The predicted molar refractivity (Wildman–Crippen MR) is 118 cm³/mol. The fourth-order valence-corrected chi connectivity index (χ4v) is 3.72. The molecule has 0 fully saturated rings. The summed E-state index contributed by atoms with van der Waals surface area (Å²) >= 11 is 0. The van der Waals surface area contributed by atoms with E-state index in [1.54, 1.807) is 12.1 Å². The van der Waals surface area contributed by atoms with Crippen molar-refractivity contribution >= 4 is 27.8 Å². The van der Waals surface area contributed by atoms with E-state index in [9.17, 15) is 14.3 Å². The number of carboxylic acid groups (broad SMARTS) is 1. The third-order valence-electron chi connectivity index (χ3n) is 5.18. The van der Waals surface area contributed by atoms with Gasteiger partial charge in [0, 0.05) is 22.4 Å². The van der Waals surface area contributed by atoms with Gasteiger partial charge in [-0.25, -0.2) is 4.39 Å². The van der Waals surface area contributed by atoms with Gasteiger partial charge in [-0.3, -0.25) is 4.79 Å². The maximum absolute atomic E-state index is 12.9. The van der Waals surface area contributed by atoms with E-state index in [-0.39, 0.29) is 12.4 Å². The van der Waals surface area contributed by atoms with Crippen LogP contribution in [-0.4, -0.2) is 28.9 Å². The number of hydrogen-bond donors (Lipinski definition) is 1. The number of hydrogen-bond acceptors (Lipinski definition) is 3. The molecule has 0 amide bonds. The number of unbranched alkanes of at least 4 members (excludes halogenated alkanes) is 2. The van der Waals surface area contributed by atoms with Crippen molar-refractivity contribution in [2.75, 3.05) is 13.2 Å². The molecule has 4 rings (SSSR count). The van der Waals surface area contributed by atoms with Gasteiger partial charge in [-0.2, -0.15) is 0 Å². The molecule has 0 saturated carbocycles. The molecule has 0 unspecified atom stereocenters. The predicted octanol–water partition coefficient (Wildman–Crippen LogP) is 5.65. The van der Waals surface area contributed by atoms with Crippen molar-refractivity contribution in [1.29, 1.82) is 0 Å². The summed E-state index contributed by atoms with van der Waals surface area (Å²) < 4.78 is 26.2. The van der Waals surface area contributed by atoms with Gasteiger partial charge in [-0.15, -0.1) is 0 Å². The Labute approximate surface area is 179 Å². The summed E-state index contributed by atoms with van der Waals surface area (Å²) in [6.07, 6.45) is 2.71. The first-order valence-corrected chi connectivity index (χ1v) is 10.4. The van der Waals surface area contributed by atoms with Gasteiger partial charge in [0.2, 0.25) is 0 Å². The van der Waals surface area contributed by atoms with Gasteiger partial charge in [0.05, 0.1) is 18.7 Å². The van der Waals surface area contributed by atoms with Crippen LogP contribution in [0, 0.1) is 5.82 Å². The van der Waals surface area contributed by atoms with E-state index >= 15 is 0 Å². The van der Waals surface area contributed by atoms with Crippen molar-refractivity contribution in [3.05, 3.63) is 72.5 Å². The van der Waals surface area contributed by atoms with Crippen molar-refractivity contribution in [3.8, 4) is 11.5 Å². The zero-order chi connectivity index (χ0) is 21.6. The average molecular weight is 421 g/mol. The molecule has 3 aromatic carbocycles. The highest BCUT2D eigenvalue weighted by Crippen LogP contribution is 2.31. The van der Waals surface area contributed by atoms with Crippen LogP contribution in [0.25, 0.3) is 21.8 Å². The molecule has 0 aliphatic heterocycles. The van der Waals surface area contributed by atoms with Crippen LogP contribution in [-0.2, 0) is 11.3 Å². The summed E-state index contributed by atoms with van der Waals surface area (Å²) in [4.78, 5) is 11.4. The lowest BCUT2D eigenvalue weighted by molar-refractivity contribution is -0.137. The maximum atomic E-state index is 12.9. The number of halogens is 1. The van der Waals surface area contributed by atoms with E-state index in [1.807, 2.05) is 47.0 Å². The molecular weight excluding hydrogens is 397 g/mol. The number of benzene rings is 3. The normalized spacial score (nSPS) is 11.1. The molecule has 1 aromatic heterocycles. The van der Waals surface area contributed by atoms with Crippen LogP contribution in [0.2, 0.25) is 0 Å². The second kappa shape index (κ2) is 9.51. The molecule has 0 spiro atoms. The van der Waals surface area contributed by atoms with Crippen LogP contribution in [0.4, 0.5) is 4.39 Å². The first-order chi connectivity index (χ1) is 15.1. The molecule has 1 heterocycles. The highest BCUT2D eigenvalue weighted by Gasteiger charge is 2.13. The Bertz CT molecular complexity index is 1180. The van der Waals surface area contributed by atoms with E-state index in [4.69, 9.17) is 9.47 Å². The highest BCUT2D eigenvalue weighted by molar-refractivity contribution is 6.08. The van der Waals surface area contributed by atoms with Crippen molar-refractivity contribution < 1.29 is 23.8 Å². The van der Waals surface area contributed by atoms with E-state index < -0.39 is 5.97 Å². The molecule has 1 N–H and O–H groups in total. The van der Waals surface area contributed by atoms with Gasteiger partial charge in [-0.05, 0) is 61.7 Å². The number of carbonyl (C=O) groups is 1. The largest absolute Gasteiger partial charge is 0.494 e. The van der Waals surface area contributed by atoms with Crippen LogP contribution >= 0.6 is 0 Å². The Balaban J connectivity index is 1.32. The summed E-state index contributed by atoms with van der Waals surface area (Å²) in [5.41, 5.74) is 1.76. The lowest BCUT2D eigenvalue weighted by Crippen LogP contribution is -2.08. The Morgan fingerprint density at radius 1 is 0.806 bits per heavy atom. The topological polar surface area (TPSA) is 60.7 Å². The molecule has 0 saturated heterocycles. The molecule has 160 valence electrons. The molecular formula is C25H24FNO4. The summed E-state index contributed by atoms with van der Waals surface area (Å²) in [5, 5.41) is 11.4. The van der Waals surface area contributed by atoms with Crippen LogP contribution in [0.5, 0.6) is 11.5 Å². The van der Waals surface area contributed by atoms with Crippen LogP contribution in [0.15, 0.2) is 66.7 Å². The fourth-order valence-electron chi connectivity index (χ4n) is 3.72. The van der Waals surface area contributed by atoms with Gasteiger partial charge < -0.3 is 19.1 Å². The Hall–Kier alpha value is -3.54. The summed E-state index contributed by atoms with van der Waals surface area (Å²) in [7, 11) is 0. The number of para-hydroxylation sites is 1. The smallest absolute Gasteiger partial charge is 0.323 e. The number of rotatable bonds is 10. The maximum Gasteiger partial charge on any atom is 0.323 e. The van der Waals surface area contributed by atoms with Crippen LogP contribution < -0.4 is 9.47 Å². The van der Waals surface area contributed by atoms with Crippen molar-refractivity contribution in [3.63, 3.8) is 0 Å². The highest BCUT2D eigenvalue weighted by atomic mass is 19.1. The molecule has 31 heavy (non-hydrogen) atoms. The second-order valence-corrected chi connectivity index (χ2v) is 7.39. The first kappa shape index (κ1) is 20.7. The summed E-state index contributed by atoms with van der Waals surface area (Å²) in [6.45, 7) is 1.05. The fraction of sp³-hybridized carbons (Fsp3) is 0.240. The number of aliphatic carboxylic acids is 1. The molecule has 5 nitrogen and oxygen atoms in total. The number of nitrogens with zero attached hydrogens (tertiary/aromatic N) is 1. The molecule has 0 bridgehead atoms. The van der Waals surface area contributed by atoms with E-state index in [0.29, 0.717) is 19.0 Å². The van der Waals surface area contributed by atoms with E-state index in [0.717, 1.165) is 46.8 Å². The van der Waals surface area contributed by atoms with Gasteiger partial charge >= 0.3 is 5.97 Å². The lowest BCUT2D eigenvalue weighted by Gasteiger charge is -2.09. The van der Waals surface area contributed by atoms with Crippen LogP contribution in [0.1, 0.15) is 19.3 Å². The minimum absolute atomic E-state index is 0.0957. The molecule has 0 aliphatic carbocycles. The van der Waals surface area contributed by atoms with Crippen LogP contribution in [0.3, 0.4) is 0 Å². The molecule has 0 aliphatic rings. The third kappa shape index (κ3) is 4.97.